The minimum atomic E-state index is 0.525. The van der Waals surface area contributed by atoms with E-state index in [0.29, 0.717) is 6.04 Å². The number of unbranched alkanes of at least 4 members (excludes halogenated alkanes) is 2. The second-order valence-corrected chi connectivity index (χ2v) is 6.73. The molecule has 1 saturated heterocycles. The molecule has 0 radical (unpaired) electrons. The van der Waals surface area contributed by atoms with Crippen molar-refractivity contribution in [2.75, 3.05) is 26.2 Å². The van der Waals surface area contributed by atoms with E-state index in [0.717, 1.165) is 35.7 Å². The average Bonchev–Trinajstić information content (AvgIpc) is 2.48. The lowest BCUT2D eigenvalue weighted by atomic mass is 9.98. The molecule has 0 bridgehead atoms. The van der Waals surface area contributed by atoms with Gasteiger partial charge < -0.3 is 5.32 Å². The Labute approximate surface area is 136 Å². The molecule has 1 aromatic carbocycles. The largest absolute Gasteiger partial charge is 0.314 e. The van der Waals surface area contributed by atoms with Crippen LogP contribution in [0.4, 0.5) is 0 Å². The Hall–Kier alpha value is -0.0900. The molecule has 1 aliphatic heterocycles. The first-order valence-corrected chi connectivity index (χ1v) is 8.79. The summed E-state index contributed by atoms with van der Waals surface area (Å²) in [5.41, 5.74) is 1.39. The molecule has 0 spiro atoms. The Morgan fingerprint density at radius 3 is 2.70 bits per heavy atom. The number of nitrogens with zero attached hydrogens (tertiary/aromatic N) is 1. The van der Waals surface area contributed by atoms with Gasteiger partial charge in [0.05, 0.1) is 5.02 Å². The quantitative estimate of drug-likeness (QED) is 0.745. The van der Waals surface area contributed by atoms with Crippen molar-refractivity contribution in [1.82, 2.24) is 10.2 Å². The van der Waals surface area contributed by atoms with Crippen molar-refractivity contribution in [3.8, 4) is 0 Å². The maximum Gasteiger partial charge on any atom is 0.0548 e. The van der Waals surface area contributed by atoms with Crippen LogP contribution in [0.2, 0.25) is 5.02 Å². The number of benzene rings is 1. The Balaban J connectivity index is 2.12. The van der Waals surface area contributed by atoms with Gasteiger partial charge in [0.15, 0.2) is 0 Å². The van der Waals surface area contributed by atoms with Gasteiger partial charge in [0.2, 0.25) is 0 Å². The Bertz CT molecular complexity index is 419. The normalized spacial score (nSPS) is 18.1. The molecule has 0 saturated carbocycles. The molecule has 1 atom stereocenters. The highest BCUT2D eigenvalue weighted by Gasteiger charge is 2.22. The summed E-state index contributed by atoms with van der Waals surface area (Å²) in [4.78, 5) is 2.61. The number of nitrogens with one attached hydrogen (secondary N) is 1. The Morgan fingerprint density at radius 1 is 1.30 bits per heavy atom. The third kappa shape index (κ3) is 4.45. The number of hydrogen-bond acceptors (Lipinski definition) is 2. The van der Waals surface area contributed by atoms with Crippen LogP contribution in [0.15, 0.2) is 22.7 Å². The summed E-state index contributed by atoms with van der Waals surface area (Å²) in [5, 5.41) is 4.23. The first-order valence-electron chi connectivity index (χ1n) is 7.62. The van der Waals surface area contributed by atoms with E-state index in [-0.39, 0.29) is 0 Å². The van der Waals surface area contributed by atoms with Crippen molar-refractivity contribution < 1.29 is 0 Å². The van der Waals surface area contributed by atoms with Crippen LogP contribution in [0, 0.1) is 0 Å². The van der Waals surface area contributed by atoms with Crippen molar-refractivity contribution in [2.24, 2.45) is 0 Å². The standard InChI is InChI=1S/C16H24BrClN2/c1-2-3-4-5-16(20-10-8-19-9-11-20)13-6-7-15(18)14(17)12-13/h6-7,12,16,19H,2-5,8-11H2,1H3/t16-/m1/s1. The summed E-state index contributed by atoms with van der Waals surface area (Å²) in [6.07, 6.45) is 5.13. The maximum absolute atomic E-state index is 6.13. The first-order chi connectivity index (χ1) is 9.72. The molecule has 2 nitrogen and oxygen atoms in total. The van der Waals surface area contributed by atoms with Crippen LogP contribution in [-0.4, -0.2) is 31.1 Å². The van der Waals surface area contributed by atoms with E-state index >= 15 is 0 Å². The second-order valence-electron chi connectivity index (χ2n) is 5.47. The Morgan fingerprint density at radius 2 is 2.05 bits per heavy atom. The smallest absolute Gasteiger partial charge is 0.0548 e. The monoisotopic (exact) mass is 358 g/mol. The van der Waals surface area contributed by atoms with Crippen molar-refractivity contribution in [3.63, 3.8) is 0 Å². The maximum atomic E-state index is 6.13. The van der Waals surface area contributed by atoms with Crippen molar-refractivity contribution in [1.29, 1.82) is 0 Å². The highest BCUT2D eigenvalue weighted by Crippen LogP contribution is 2.31. The molecule has 20 heavy (non-hydrogen) atoms. The van der Waals surface area contributed by atoms with Gasteiger partial charge in [0.25, 0.3) is 0 Å². The first kappa shape index (κ1) is 16.3. The molecule has 1 N–H and O–H groups in total. The van der Waals surface area contributed by atoms with Gasteiger partial charge in [-0.2, -0.15) is 0 Å². The molecule has 1 heterocycles. The topological polar surface area (TPSA) is 15.3 Å². The van der Waals surface area contributed by atoms with Crippen molar-refractivity contribution >= 4 is 27.5 Å². The van der Waals surface area contributed by atoms with Crippen LogP contribution in [0.1, 0.15) is 44.2 Å². The van der Waals surface area contributed by atoms with Gasteiger partial charge in [-0.15, -0.1) is 0 Å². The summed E-state index contributed by atoms with van der Waals surface area (Å²) in [7, 11) is 0. The van der Waals surface area contributed by atoms with Crippen LogP contribution in [-0.2, 0) is 0 Å². The number of rotatable bonds is 6. The fraction of sp³-hybridized carbons (Fsp3) is 0.625. The van der Waals surface area contributed by atoms with Crippen LogP contribution >= 0.6 is 27.5 Å². The SMILES string of the molecule is CCCCC[C@H](c1ccc(Cl)c(Br)c1)N1CCNCC1. The van der Waals surface area contributed by atoms with E-state index < -0.39 is 0 Å². The number of hydrogen-bond donors (Lipinski definition) is 1. The minimum Gasteiger partial charge on any atom is -0.314 e. The van der Waals surface area contributed by atoms with Gasteiger partial charge in [-0.1, -0.05) is 43.9 Å². The third-order valence-electron chi connectivity index (χ3n) is 4.00. The van der Waals surface area contributed by atoms with Crippen molar-refractivity contribution in [2.45, 2.75) is 38.6 Å². The van der Waals surface area contributed by atoms with Crippen molar-refractivity contribution in [3.05, 3.63) is 33.3 Å². The molecule has 2 rings (SSSR count). The van der Waals surface area contributed by atoms with Crippen LogP contribution in [0.3, 0.4) is 0 Å². The minimum absolute atomic E-state index is 0.525. The lowest BCUT2D eigenvalue weighted by Crippen LogP contribution is -2.45. The number of halogens is 2. The van der Waals surface area contributed by atoms with E-state index in [4.69, 9.17) is 11.6 Å². The molecule has 4 heteroatoms. The molecule has 0 unspecified atom stereocenters. The molecule has 0 aliphatic carbocycles. The Kier molecular flexibility index (Phi) is 6.82. The fourth-order valence-electron chi connectivity index (χ4n) is 2.86. The van der Waals surface area contributed by atoms with Gasteiger partial charge >= 0.3 is 0 Å². The zero-order chi connectivity index (χ0) is 14.4. The summed E-state index contributed by atoms with van der Waals surface area (Å²) >= 11 is 9.68. The zero-order valence-electron chi connectivity index (χ0n) is 12.2. The molecular formula is C16H24BrClN2. The van der Waals surface area contributed by atoms with Gasteiger partial charge in [0.1, 0.15) is 0 Å². The second kappa shape index (κ2) is 8.38. The molecule has 112 valence electrons. The molecular weight excluding hydrogens is 336 g/mol. The van der Waals surface area contributed by atoms with Gasteiger partial charge in [-0.05, 0) is 40.0 Å². The molecule has 1 aliphatic rings. The lowest BCUT2D eigenvalue weighted by molar-refractivity contribution is 0.162. The van der Waals surface area contributed by atoms with E-state index in [1.165, 1.54) is 31.2 Å². The summed E-state index contributed by atoms with van der Waals surface area (Å²) in [6.45, 7) is 6.73. The highest BCUT2D eigenvalue weighted by molar-refractivity contribution is 9.10. The summed E-state index contributed by atoms with van der Waals surface area (Å²) in [5.74, 6) is 0. The number of piperazine rings is 1. The predicted molar refractivity (Wildman–Crippen MR) is 90.5 cm³/mol. The fourth-order valence-corrected chi connectivity index (χ4v) is 3.38. The van der Waals surface area contributed by atoms with Gasteiger partial charge in [-0.3, -0.25) is 4.90 Å². The average molecular weight is 360 g/mol. The van der Waals surface area contributed by atoms with E-state index in [2.05, 4.69) is 45.2 Å². The predicted octanol–water partition coefficient (Wildman–Crippen LogP) is 4.63. The summed E-state index contributed by atoms with van der Waals surface area (Å²) < 4.78 is 1.01. The van der Waals surface area contributed by atoms with E-state index in [1.54, 1.807) is 0 Å². The molecule has 1 aromatic rings. The van der Waals surface area contributed by atoms with Crippen LogP contribution in [0.25, 0.3) is 0 Å². The lowest BCUT2D eigenvalue weighted by Gasteiger charge is -2.35. The molecule has 1 fully saturated rings. The van der Waals surface area contributed by atoms with E-state index in [9.17, 15) is 0 Å². The third-order valence-corrected chi connectivity index (χ3v) is 5.22. The zero-order valence-corrected chi connectivity index (χ0v) is 14.5. The highest BCUT2D eigenvalue weighted by atomic mass is 79.9. The van der Waals surface area contributed by atoms with E-state index in [1.807, 2.05) is 6.07 Å². The van der Waals surface area contributed by atoms with Crippen LogP contribution < -0.4 is 5.32 Å². The summed E-state index contributed by atoms with van der Waals surface area (Å²) in [6, 6.07) is 6.92. The molecule has 0 aromatic heterocycles. The van der Waals surface area contributed by atoms with Gasteiger partial charge in [-0.25, -0.2) is 0 Å². The van der Waals surface area contributed by atoms with Gasteiger partial charge in [0, 0.05) is 36.7 Å². The molecule has 0 amide bonds. The van der Waals surface area contributed by atoms with Crippen LogP contribution in [0.5, 0.6) is 0 Å².